The summed E-state index contributed by atoms with van der Waals surface area (Å²) in [5, 5.41) is 4.07. The van der Waals surface area contributed by atoms with Gasteiger partial charge in [0.15, 0.2) is 0 Å². The van der Waals surface area contributed by atoms with Gasteiger partial charge in [-0.3, -0.25) is 9.78 Å². The fraction of sp³-hybridized carbons (Fsp3) is 0.350. The van der Waals surface area contributed by atoms with E-state index < -0.39 is 0 Å². The molecule has 140 valence electrons. The second kappa shape index (κ2) is 9.41. The van der Waals surface area contributed by atoms with Crippen LogP contribution in [0.4, 0.5) is 0 Å². The minimum atomic E-state index is -0.159. The maximum absolute atomic E-state index is 11.8. The Labute approximate surface area is 163 Å². The zero-order chi connectivity index (χ0) is 19.1. The first-order chi connectivity index (χ1) is 13.2. The number of rotatable bonds is 8. The molecule has 0 fully saturated rings. The Kier molecular flexibility index (Phi) is 6.70. The molecule has 7 heteroatoms. The van der Waals surface area contributed by atoms with Gasteiger partial charge >= 0.3 is 0 Å². The second-order valence-electron chi connectivity index (χ2n) is 6.50. The first-order valence-corrected chi connectivity index (χ1v) is 10.2. The summed E-state index contributed by atoms with van der Waals surface area (Å²) in [5.41, 5.74) is 1.55. The molecule has 0 aliphatic rings. The molecule has 3 heterocycles. The minimum absolute atomic E-state index is 0.159. The Hall–Kier alpha value is -2.54. The number of pyridine rings is 1. The molecule has 0 bridgehead atoms. The van der Waals surface area contributed by atoms with Gasteiger partial charge in [-0.15, -0.1) is 11.8 Å². The van der Waals surface area contributed by atoms with Crippen molar-refractivity contribution in [1.29, 1.82) is 0 Å². The third kappa shape index (κ3) is 5.47. The van der Waals surface area contributed by atoms with Crippen LogP contribution < -0.4 is 5.56 Å². The van der Waals surface area contributed by atoms with E-state index in [0.717, 1.165) is 42.1 Å². The van der Waals surface area contributed by atoms with Gasteiger partial charge in [-0.05, 0) is 49.6 Å². The van der Waals surface area contributed by atoms with Crippen molar-refractivity contribution in [3.8, 4) is 5.69 Å². The van der Waals surface area contributed by atoms with Crippen molar-refractivity contribution in [3.63, 3.8) is 0 Å². The molecule has 27 heavy (non-hydrogen) atoms. The minimum Gasteiger partial charge on any atom is -0.267 e. The fourth-order valence-electron chi connectivity index (χ4n) is 2.73. The Bertz CT molecular complexity index is 909. The Morgan fingerprint density at radius 3 is 2.48 bits per heavy atom. The third-order valence-corrected chi connectivity index (χ3v) is 5.12. The first kappa shape index (κ1) is 19.2. The molecule has 0 amide bonds. The zero-order valence-corrected chi connectivity index (χ0v) is 16.4. The summed E-state index contributed by atoms with van der Waals surface area (Å²) in [4.78, 5) is 26.2. The number of aromatic nitrogens is 5. The number of hydrogen-bond acceptors (Lipinski definition) is 6. The van der Waals surface area contributed by atoms with Gasteiger partial charge in [0.2, 0.25) is 0 Å². The van der Waals surface area contributed by atoms with E-state index in [2.05, 4.69) is 27.0 Å². The standard InChI is InChI=1S/C20H23N5OS/c1-15(6-10-19-22-13-18(27-2)14-23-19)5-7-16-8-9-17(12-21-16)25-20(26)4-3-11-24-25/h3-4,8-9,11-15H,5-7,10H2,1-2H3. The van der Waals surface area contributed by atoms with Gasteiger partial charge in [0.05, 0.1) is 11.9 Å². The summed E-state index contributed by atoms with van der Waals surface area (Å²) in [5.74, 6) is 1.47. The molecule has 0 aromatic carbocycles. The maximum Gasteiger partial charge on any atom is 0.271 e. The summed E-state index contributed by atoms with van der Waals surface area (Å²) in [6, 6.07) is 6.97. The average molecular weight is 382 g/mol. The summed E-state index contributed by atoms with van der Waals surface area (Å²) < 4.78 is 1.35. The molecule has 0 aliphatic heterocycles. The molecule has 0 N–H and O–H groups in total. The average Bonchev–Trinajstić information content (AvgIpc) is 2.72. The van der Waals surface area contributed by atoms with Crippen LogP contribution in [0.2, 0.25) is 0 Å². The van der Waals surface area contributed by atoms with E-state index in [1.54, 1.807) is 30.2 Å². The van der Waals surface area contributed by atoms with Gasteiger partial charge in [0.1, 0.15) is 5.82 Å². The van der Waals surface area contributed by atoms with Crippen LogP contribution in [0, 0.1) is 5.92 Å². The monoisotopic (exact) mass is 381 g/mol. The van der Waals surface area contributed by atoms with Gasteiger partial charge in [-0.2, -0.15) is 9.78 Å². The van der Waals surface area contributed by atoms with Crippen molar-refractivity contribution >= 4 is 11.8 Å². The van der Waals surface area contributed by atoms with Gasteiger partial charge in [-0.25, -0.2) is 9.97 Å². The molecule has 3 aromatic heterocycles. The molecular weight excluding hydrogens is 358 g/mol. The van der Waals surface area contributed by atoms with Crippen LogP contribution in [-0.4, -0.2) is 31.0 Å². The molecule has 0 spiro atoms. The largest absolute Gasteiger partial charge is 0.271 e. The molecule has 1 atom stereocenters. The molecule has 0 radical (unpaired) electrons. The molecule has 0 aliphatic carbocycles. The van der Waals surface area contributed by atoms with Crippen molar-refractivity contribution in [1.82, 2.24) is 24.7 Å². The lowest BCUT2D eigenvalue weighted by Gasteiger charge is -2.11. The first-order valence-electron chi connectivity index (χ1n) is 9.00. The van der Waals surface area contributed by atoms with Gasteiger partial charge in [0.25, 0.3) is 5.56 Å². The van der Waals surface area contributed by atoms with Gasteiger partial charge in [-0.1, -0.05) is 6.92 Å². The van der Waals surface area contributed by atoms with Crippen molar-refractivity contribution < 1.29 is 0 Å². The number of thioether (sulfide) groups is 1. The molecule has 3 rings (SSSR count). The highest BCUT2D eigenvalue weighted by atomic mass is 32.2. The highest BCUT2D eigenvalue weighted by molar-refractivity contribution is 7.98. The van der Waals surface area contributed by atoms with Crippen molar-refractivity contribution in [2.24, 2.45) is 5.92 Å². The summed E-state index contributed by atoms with van der Waals surface area (Å²) in [6.45, 7) is 2.25. The van der Waals surface area contributed by atoms with Crippen LogP contribution in [0.1, 0.15) is 31.3 Å². The van der Waals surface area contributed by atoms with Crippen LogP contribution in [0.25, 0.3) is 5.69 Å². The van der Waals surface area contributed by atoms with Gasteiger partial charge in [0, 0.05) is 41.7 Å². The quantitative estimate of drug-likeness (QED) is 0.557. The molecule has 1 unspecified atom stereocenters. The highest BCUT2D eigenvalue weighted by Crippen LogP contribution is 2.16. The highest BCUT2D eigenvalue weighted by Gasteiger charge is 2.07. The zero-order valence-electron chi connectivity index (χ0n) is 15.6. The predicted octanol–water partition coefficient (Wildman–Crippen LogP) is 3.34. The van der Waals surface area contributed by atoms with Crippen LogP contribution in [0.5, 0.6) is 0 Å². The maximum atomic E-state index is 11.8. The van der Waals surface area contributed by atoms with Crippen LogP contribution in [-0.2, 0) is 12.8 Å². The Balaban J connectivity index is 1.49. The van der Waals surface area contributed by atoms with E-state index in [4.69, 9.17) is 0 Å². The molecule has 3 aromatic rings. The number of aryl methyl sites for hydroxylation is 2. The molecule has 0 saturated heterocycles. The van der Waals surface area contributed by atoms with Crippen molar-refractivity contribution in [3.05, 3.63) is 70.9 Å². The molecule has 6 nitrogen and oxygen atoms in total. The van der Waals surface area contributed by atoms with E-state index in [-0.39, 0.29) is 5.56 Å². The van der Waals surface area contributed by atoms with E-state index >= 15 is 0 Å². The van der Waals surface area contributed by atoms with Gasteiger partial charge < -0.3 is 0 Å². The number of hydrogen-bond donors (Lipinski definition) is 0. The molecular formula is C20H23N5OS. The van der Waals surface area contributed by atoms with Crippen LogP contribution in [0.3, 0.4) is 0 Å². The van der Waals surface area contributed by atoms with E-state index in [0.29, 0.717) is 11.6 Å². The fourth-order valence-corrected chi connectivity index (χ4v) is 3.05. The van der Waals surface area contributed by atoms with Crippen molar-refractivity contribution in [2.45, 2.75) is 37.5 Å². The van der Waals surface area contributed by atoms with E-state index in [1.165, 1.54) is 10.7 Å². The lowest BCUT2D eigenvalue weighted by atomic mass is 9.98. The summed E-state index contributed by atoms with van der Waals surface area (Å²) in [7, 11) is 0. The lowest BCUT2D eigenvalue weighted by Crippen LogP contribution is -2.19. The Morgan fingerprint density at radius 1 is 1.04 bits per heavy atom. The second-order valence-corrected chi connectivity index (χ2v) is 7.38. The van der Waals surface area contributed by atoms with Crippen LogP contribution >= 0.6 is 11.8 Å². The van der Waals surface area contributed by atoms with E-state index in [1.807, 2.05) is 30.8 Å². The van der Waals surface area contributed by atoms with Crippen LogP contribution in [0.15, 0.2) is 58.7 Å². The summed E-state index contributed by atoms with van der Waals surface area (Å²) >= 11 is 1.65. The smallest absolute Gasteiger partial charge is 0.267 e. The lowest BCUT2D eigenvalue weighted by molar-refractivity contribution is 0.484. The Morgan fingerprint density at radius 2 is 1.81 bits per heavy atom. The number of nitrogens with zero attached hydrogens (tertiary/aromatic N) is 5. The predicted molar refractivity (Wildman–Crippen MR) is 107 cm³/mol. The topological polar surface area (TPSA) is 73.6 Å². The SMILES string of the molecule is CSc1cnc(CCC(C)CCc2ccc(-n3ncccc3=O)cn2)nc1. The normalized spacial score (nSPS) is 12.1. The van der Waals surface area contributed by atoms with E-state index in [9.17, 15) is 4.79 Å². The van der Waals surface area contributed by atoms with Crippen molar-refractivity contribution in [2.75, 3.05) is 6.26 Å². The summed E-state index contributed by atoms with van der Waals surface area (Å²) in [6.07, 6.45) is 13.0. The third-order valence-electron chi connectivity index (χ3n) is 4.44. The molecule has 0 saturated carbocycles.